The maximum atomic E-state index is 13.3. The molecule has 5 nitrogen and oxygen atoms in total. The summed E-state index contributed by atoms with van der Waals surface area (Å²) < 4.78 is 0. The molecule has 0 aliphatic carbocycles. The van der Waals surface area contributed by atoms with Crippen molar-refractivity contribution in [2.75, 3.05) is 19.6 Å². The molecule has 6 heteroatoms. The predicted molar refractivity (Wildman–Crippen MR) is 127 cm³/mol. The highest BCUT2D eigenvalue weighted by Crippen LogP contribution is 2.38. The van der Waals surface area contributed by atoms with Crippen LogP contribution in [0, 0.1) is 24.7 Å². The van der Waals surface area contributed by atoms with Crippen LogP contribution < -0.4 is 5.32 Å². The van der Waals surface area contributed by atoms with Crippen LogP contribution in [0.5, 0.6) is 0 Å². The molecular formula is C26H25N3O2S. The third-order valence-electron chi connectivity index (χ3n) is 5.97. The molecule has 4 rings (SSSR count). The van der Waals surface area contributed by atoms with E-state index in [1.165, 1.54) is 0 Å². The molecule has 0 bridgehead atoms. The van der Waals surface area contributed by atoms with Gasteiger partial charge in [-0.1, -0.05) is 36.3 Å². The molecule has 0 unspecified atom stereocenters. The molecule has 1 aliphatic heterocycles. The zero-order valence-corrected chi connectivity index (χ0v) is 18.8. The first-order valence-electron chi connectivity index (χ1n) is 10.6. The molecule has 1 aliphatic rings. The van der Waals surface area contributed by atoms with Gasteiger partial charge in [0.25, 0.3) is 5.91 Å². The van der Waals surface area contributed by atoms with Crippen LogP contribution in [0.3, 0.4) is 0 Å². The van der Waals surface area contributed by atoms with E-state index in [1.807, 2.05) is 61.0 Å². The topological polar surface area (TPSA) is 62.3 Å². The Morgan fingerprint density at radius 1 is 1.28 bits per heavy atom. The molecule has 0 saturated carbocycles. The maximum Gasteiger partial charge on any atom is 0.254 e. The lowest BCUT2D eigenvalue weighted by atomic mass is 9.78. The summed E-state index contributed by atoms with van der Waals surface area (Å²) >= 11 is 1.56. The van der Waals surface area contributed by atoms with Gasteiger partial charge in [0.1, 0.15) is 0 Å². The Hall–Kier alpha value is -3.43. The van der Waals surface area contributed by atoms with Gasteiger partial charge in [-0.3, -0.25) is 14.6 Å². The summed E-state index contributed by atoms with van der Waals surface area (Å²) in [6, 6.07) is 13.9. The smallest absolute Gasteiger partial charge is 0.254 e. The SMILES string of the molecule is C#CCNC(=O)[C@]1(Cc2ccccc2-c2cccnc2)CCN(C(=O)c2csc(C)c2)C1. The minimum absolute atomic E-state index is 0.0264. The number of likely N-dealkylation sites (tertiary alicyclic amines) is 1. The van der Waals surface area contributed by atoms with E-state index in [0.717, 1.165) is 21.6 Å². The molecule has 2 amide bonds. The van der Waals surface area contributed by atoms with Crippen molar-refractivity contribution in [2.45, 2.75) is 19.8 Å². The molecule has 3 aromatic rings. The number of aryl methyl sites for hydroxylation is 1. The molecular weight excluding hydrogens is 418 g/mol. The Bertz CT molecular complexity index is 1170. The minimum Gasteiger partial charge on any atom is -0.345 e. The molecule has 162 valence electrons. The van der Waals surface area contributed by atoms with Gasteiger partial charge in [-0.25, -0.2) is 0 Å². The lowest BCUT2D eigenvalue weighted by Gasteiger charge is -2.29. The second-order valence-corrected chi connectivity index (χ2v) is 9.28. The summed E-state index contributed by atoms with van der Waals surface area (Å²) in [6.07, 6.45) is 10.1. The van der Waals surface area contributed by atoms with Crippen LogP contribution in [-0.4, -0.2) is 41.3 Å². The average Bonchev–Trinajstić information content (AvgIpc) is 3.45. The molecule has 32 heavy (non-hydrogen) atoms. The molecule has 3 heterocycles. The van der Waals surface area contributed by atoms with Gasteiger partial charge in [-0.15, -0.1) is 17.8 Å². The van der Waals surface area contributed by atoms with Gasteiger partial charge in [0.15, 0.2) is 0 Å². The largest absolute Gasteiger partial charge is 0.345 e. The number of carbonyl (C=O) groups is 2. The van der Waals surface area contributed by atoms with E-state index in [0.29, 0.717) is 31.5 Å². The van der Waals surface area contributed by atoms with Gasteiger partial charge < -0.3 is 10.2 Å². The summed E-state index contributed by atoms with van der Waals surface area (Å²) in [5.74, 6) is 2.35. The highest BCUT2D eigenvalue weighted by Gasteiger charge is 2.46. The van der Waals surface area contributed by atoms with Crippen LogP contribution in [0.15, 0.2) is 60.2 Å². The zero-order valence-electron chi connectivity index (χ0n) is 18.0. The summed E-state index contributed by atoms with van der Waals surface area (Å²) in [7, 11) is 0. The van der Waals surface area contributed by atoms with Gasteiger partial charge in [-0.05, 0) is 43.0 Å². The average molecular weight is 444 g/mol. The molecule has 2 aromatic heterocycles. The second-order valence-electron chi connectivity index (χ2n) is 8.17. The van der Waals surface area contributed by atoms with Crippen molar-refractivity contribution in [3.8, 4) is 23.5 Å². The fourth-order valence-electron chi connectivity index (χ4n) is 4.36. The van der Waals surface area contributed by atoms with Crippen molar-refractivity contribution in [1.29, 1.82) is 0 Å². The van der Waals surface area contributed by atoms with E-state index >= 15 is 0 Å². The van der Waals surface area contributed by atoms with Crippen LogP contribution in [0.2, 0.25) is 0 Å². The molecule has 1 atom stereocenters. The third kappa shape index (κ3) is 4.44. The fourth-order valence-corrected chi connectivity index (χ4v) is 5.03. The van der Waals surface area contributed by atoms with Crippen LogP contribution in [0.25, 0.3) is 11.1 Å². The number of hydrogen-bond acceptors (Lipinski definition) is 4. The van der Waals surface area contributed by atoms with E-state index < -0.39 is 5.41 Å². The van der Waals surface area contributed by atoms with Crippen molar-refractivity contribution >= 4 is 23.2 Å². The van der Waals surface area contributed by atoms with Crippen LogP contribution >= 0.6 is 11.3 Å². The first kappa shape index (κ1) is 21.8. The summed E-state index contributed by atoms with van der Waals surface area (Å²) in [4.78, 5) is 33.6. The van der Waals surface area contributed by atoms with E-state index in [4.69, 9.17) is 6.42 Å². The molecule has 1 fully saturated rings. The standard InChI is InChI=1S/C26H25N3O2S/c1-3-11-28-25(31)26(10-13-29(18-26)24(30)22-14-19(2)32-17-22)15-20-7-4-5-9-23(20)21-8-6-12-27-16-21/h1,4-9,12,14,16-17H,10-11,13,15,18H2,2H3,(H,28,31)/t26-/m0/s1. The summed E-state index contributed by atoms with van der Waals surface area (Å²) in [5, 5.41) is 4.76. The number of nitrogens with zero attached hydrogens (tertiary/aromatic N) is 2. The predicted octanol–water partition coefficient (Wildman–Crippen LogP) is 3.94. The first-order valence-corrected chi connectivity index (χ1v) is 11.4. The normalized spacial score (nSPS) is 17.7. The lowest BCUT2D eigenvalue weighted by molar-refractivity contribution is -0.130. The van der Waals surface area contributed by atoms with Crippen molar-refractivity contribution in [3.05, 3.63) is 76.2 Å². The highest BCUT2D eigenvalue weighted by molar-refractivity contribution is 7.10. The minimum atomic E-state index is -0.740. The number of thiophene rings is 1. The Morgan fingerprint density at radius 3 is 2.84 bits per heavy atom. The number of aromatic nitrogens is 1. The van der Waals surface area contributed by atoms with Gasteiger partial charge in [0.05, 0.1) is 17.5 Å². The van der Waals surface area contributed by atoms with Gasteiger partial charge in [-0.2, -0.15) is 0 Å². The number of hydrogen-bond donors (Lipinski definition) is 1. The van der Waals surface area contributed by atoms with Gasteiger partial charge in [0, 0.05) is 41.3 Å². The Morgan fingerprint density at radius 2 is 2.12 bits per heavy atom. The molecule has 1 N–H and O–H groups in total. The van der Waals surface area contributed by atoms with Crippen molar-refractivity contribution < 1.29 is 9.59 Å². The zero-order chi connectivity index (χ0) is 22.6. The van der Waals surface area contributed by atoms with Gasteiger partial charge in [0.2, 0.25) is 5.91 Å². The van der Waals surface area contributed by atoms with E-state index in [1.54, 1.807) is 22.4 Å². The number of terminal acetylenes is 1. The third-order valence-corrected chi connectivity index (χ3v) is 6.83. The van der Waals surface area contributed by atoms with Crippen LogP contribution in [-0.2, 0) is 11.2 Å². The van der Waals surface area contributed by atoms with E-state index in [2.05, 4.69) is 16.2 Å². The van der Waals surface area contributed by atoms with Crippen molar-refractivity contribution in [2.24, 2.45) is 5.41 Å². The number of pyridine rings is 1. The Kier molecular flexibility index (Phi) is 6.38. The molecule has 0 radical (unpaired) electrons. The lowest BCUT2D eigenvalue weighted by Crippen LogP contribution is -2.45. The number of benzene rings is 1. The molecule has 0 spiro atoms. The van der Waals surface area contributed by atoms with Crippen molar-refractivity contribution in [1.82, 2.24) is 15.2 Å². The Labute approximate surface area is 192 Å². The fraction of sp³-hybridized carbons (Fsp3) is 0.269. The van der Waals surface area contributed by atoms with Crippen molar-refractivity contribution in [3.63, 3.8) is 0 Å². The quantitative estimate of drug-likeness (QED) is 0.587. The first-order chi connectivity index (χ1) is 15.5. The molecule has 1 aromatic carbocycles. The van der Waals surface area contributed by atoms with E-state index in [9.17, 15) is 9.59 Å². The number of carbonyl (C=O) groups excluding carboxylic acids is 2. The van der Waals surface area contributed by atoms with Crippen LogP contribution in [0.1, 0.15) is 27.2 Å². The Balaban J connectivity index is 1.65. The summed E-state index contributed by atoms with van der Waals surface area (Å²) in [6.45, 7) is 3.05. The van der Waals surface area contributed by atoms with E-state index in [-0.39, 0.29) is 18.4 Å². The van der Waals surface area contributed by atoms with Gasteiger partial charge >= 0.3 is 0 Å². The number of nitrogens with one attached hydrogen (secondary N) is 1. The second kappa shape index (κ2) is 9.37. The number of amides is 2. The number of rotatable bonds is 6. The van der Waals surface area contributed by atoms with Crippen LogP contribution in [0.4, 0.5) is 0 Å². The molecule has 1 saturated heterocycles. The maximum absolute atomic E-state index is 13.3. The highest BCUT2D eigenvalue weighted by atomic mass is 32.1. The monoisotopic (exact) mass is 443 g/mol. The summed E-state index contributed by atoms with van der Waals surface area (Å²) in [5.41, 5.74) is 3.04.